The van der Waals surface area contributed by atoms with E-state index in [0.717, 1.165) is 19.3 Å². The molecule has 1 N–H and O–H groups in total. The third kappa shape index (κ3) is 9.33. The largest absolute Gasteiger partial charge is 0.342 e. The number of carbonyl (C=O) groups excluding carboxylic acids is 2. The number of amides is 2. The van der Waals surface area contributed by atoms with Crippen LogP contribution in [0.4, 0.5) is 0 Å². The number of allylic oxidation sites excluding steroid dienone is 2. The van der Waals surface area contributed by atoms with Crippen molar-refractivity contribution in [1.29, 1.82) is 0 Å². The Hall–Kier alpha value is -1.36. The molecule has 2 amide bonds. The summed E-state index contributed by atoms with van der Waals surface area (Å²) in [6, 6.07) is 0. The van der Waals surface area contributed by atoms with Crippen molar-refractivity contribution in [2.45, 2.75) is 109 Å². The molecule has 5 nitrogen and oxygen atoms in total. The summed E-state index contributed by atoms with van der Waals surface area (Å²) in [6.45, 7) is 3.49. The van der Waals surface area contributed by atoms with Crippen molar-refractivity contribution in [3.8, 4) is 0 Å². The molecule has 2 rings (SSSR count). The van der Waals surface area contributed by atoms with Crippen LogP contribution in [0.1, 0.15) is 103 Å². The number of nitrogens with zero attached hydrogens (tertiary/aromatic N) is 1. The van der Waals surface area contributed by atoms with Gasteiger partial charge in [-0.05, 0) is 38.5 Å². The summed E-state index contributed by atoms with van der Waals surface area (Å²) in [5, 5.41) is 0. The van der Waals surface area contributed by atoms with Gasteiger partial charge in [0.2, 0.25) is 5.91 Å². The Balaban J connectivity index is 1.38. The fraction of sp³-hybridized carbons (Fsp3) is 0.833. The van der Waals surface area contributed by atoms with E-state index >= 15 is 0 Å². The van der Waals surface area contributed by atoms with Crippen molar-refractivity contribution in [3.63, 3.8) is 0 Å². The molecular weight excluding hydrogens is 364 g/mol. The fourth-order valence-corrected chi connectivity index (χ4v) is 4.26. The predicted octanol–water partition coefficient (Wildman–Crippen LogP) is 5.30. The first kappa shape index (κ1) is 23.9. The molecule has 5 heteroatoms. The molecule has 0 aromatic rings. The van der Waals surface area contributed by atoms with Crippen LogP contribution in [-0.4, -0.2) is 35.9 Å². The average molecular weight is 407 g/mol. The zero-order valence-electron chi connectivity index (χ0n) is 18.5. The van der Waals surface area contributed by atoms with E-state index in [0.29, 0.717) is 19.5 Å². The predicted molar refractivity (Wildman–Crippen MR) is 117 cm³/mol. The van der Waals surface area contributed by atoms with Gasteiger partial charge in [0, 0.05) is 19.5 Å². The van der Waals surface area contributed by atoms with Gasteiger partial charge in [0.05, 0.1) is 5.92 Å². The standard InChI is InChI=1S/C24H42N2O3/c1-2-3-4-5-6-7-8-9-10-11-12-13-14-15-16-17-23(27)26-19-18-22-21(20-26)24(28)25-29-22/h9-10,21-22H,2-8,11-20H2,1H3,(H,25,28). The number of carbonyl (C=O) groups is 2. The second-order valence-corrected chi connectivity index (χ2v) is 8.69. The lowest BCUT2D eigenvalue weighted by molar-refractivity contribution is -0.135. The fourth-order valence-electron chi connectivity index (χ4n) is 4.26. The lowest BCUT2D eigenvalue weighted by Gasteiger charge is -2.32. The zero-order valence-corrected chi connectivity index (χ0v) is 18.5. The van der Waals surface area contributed by atoms with Gasteiger partial charge in [-0.1, -0.05) is 70.4 Å². The Morgan fingerprint density at radius 1 is 1.00 bits per heavy atom. The average Bonchev–Trinajstić information content (AvgIpc) is 3.11. The van der Waals surface area contributed by atoms with Crippen molar-refractivity contribution in [2.75, 3.05) is 13.1 Å². The number of rotatable bonds is 15. The highest BCUT2D eigenvalue weighted by Gasteiger charge is 2.41. The van der Waals surface area contributed by atoms with E-state index in [1.165, 1.54) is 70.6 Å². The lowest BCUT2D eigenvalue weighted by atomic mass is 9.94. The minimum Gasteiger partial charge on any atom is -0.342 e. The molecule has 0 bridgehead atoms. The van der Waals surface area contributed by atoms with E-state index in [-0.39, 0.29) is 23.8 Å². The molecule has 2 aliphatic rings. The highest BCUT2D eigenvalue weighted by atomic mass is 16.7. The van der Waals surface area contributed by atoms with Crippen LogP contribution in [0.2, 0.25) is 0 Å². The summed E-state index contributed by atoms with van der Waals surface area (Å²) in [5.74, 6) is -0.0592. The highest BCUT2D eigenvalue weighted by Crippen LogP contribution is 2.24. The maximum atomic E-state index is 12.4. The number of hydroxylamine groups is 1. The molecule has 2 fully saturated rings. The van der Waals surface area contributed by atoms with Gasteiger partial charge >= 0.3 is 0 Å². The van der Waals surface area contributed by atoms with Crippen molar-refractivity contribution in [3.05, 3.63) is 12.2 Å². The number of fused-ring (bicyclic) bond motifs is 1. The zero-order chi connectivity index (χ0) is 20.7. The number of hydrogen-bond donors (Lipinski definition) is 1. The maximum Gasteiger partial charge on any atom is 0.251 e. The highest BCUT2D eigenvalue weighted by molar-refractivity contribution is 5.82. The first-order chi connectivity index (χ1) is 14.2. The Kier molecular flexibility index (Phi) is 12.0. The quantitative estimate of drug-likeness (QED) is 0.296. The molecule has 166 valence electrons. The van der Waals surface area contributed by atoms with E-state index in [9.17, 15) is 9.59 Å². The molecule has 0 aliphatic carbocycles. The maximum absolute atomic E-state index is 12.4. The molecule has 2 unspecified atom stereocenters. The van der Waals surface area contributed by atoms with E-state index in [2.05, 4.69) is 24.6 Å². The van der Waals surface area contributed by atoms with Crippen LogP contribution in [0.25, 0.3) is 0 Å². The van der Waals surface area contributed by atoms with Gasteiger partial charge in [0.25, 0.3) is 5.91 Å². The summed E-state index contributed by atoms with van der Waals surface area (Å²) in [6.07, 6.45) is 22.5. The molecule has 2 aliphatic heterocycles. The van der Waals surface area contributed by atoms with Crippen LogP contribution in [0.5, 0.6) is 0 Å². The molecule has 2 heterocycles. The third-order valence-electron chi connectivity index (χ3n) is 6.20. The molecule has 0 aromatic heterocycles. The Morgan fingerprint density at radius 2 is 1.62 bits per heavy atom. The van der Waals surface area contributed by atoms with Gasteiger partial charge in [0.15, 0.2) is 0 Å². The minimum absolute atomic E-state index is 0.0496. The van der Waals surface area contributed by atoms with Crippen molar-refractivity contribution in [1.82, 2.24) is 10.4 Å². The second kappa shape index (κ2) is 14.6. The Morgan fingerprint density at radius 3 is 2.31 bits per heavy atom. The van der Waals surface area contributed by atoms with Crippen LogP contribution in [0, 0.1) is 5.92 Å². The smallest absolute Gasteiger partial charge is 0.251 e. The third-order valence-corrected chi connectivity index (χ3v) is 6.20. The summed E-state index contributed by atoms with van der Waals surface area (Å²) >= 11 is 0. The molecule has 0 aromatic carbocycles. The summed E-state index contributed by atoms with van der Waals surface area (Å²) in [5.41, 5.74) is 2.44. The van der Waals surface area contributed by atoms with Gasteiger partial charge in [-0.25, -0.2) is 5.48 Å². The molecule has 0 radical (unpaired) electrons. The number of unbranched alkanes of at least 4 members (excludes halogenated alkanes) is 11. The van der Waals surface area contributed by atoms with Crippen molar-refractivity contribution < 1.29 is 14.4 Å². The molecular formula is C24H42N2O3. The summed E-state index contributed by atoms with van der Waals surface area (Å²) in [7, 11) is 0. The number of likely N-dealkylation sites (tertiary alicyclic amines) is 1. The molecule has 2 saturated heterocycles. The Bertz CT molecular complexity index is 506. The molecule has 29 heavy (non-hydrogen) atoms. The minimum atomic E-state index is -0.179. The van der Waals surface area contributed by atoms with Gasteiger partial charge in [-0.3, -0.25) is 14.4 Å². The second-order valence-electron chi connectivity index (χ2n) is 8.69. The summed E-state index contributed by atoms with van der Waals surface area (Å²) < 4.78 is 0. The molecule has 0 spiro atoms. The number of piperidine rings is 1. The Labute approximate surface area is 177 Å². The number of hydrogen-bond acceptors (Lipinski definition) is 3. The van der Waals surface area contributed by atoms with Gasteiger partial charge in [-0.2, -0.15) is 0 Å². The molecule has 2 atom stereocenters. The van der Waals surface area contributed by atoms with Gasteiger partial charge in [-0.15, -0.1) is 0 Å². The van der Waals surface area contributed by atoms with Crippen molar-refractivity contribution in [2.24, 2.45) is 5.92 Å². The van der Waals surface area contributed by atoms with Gasteiger partial charge < -0.3 is 4.90 Å². The molecule has 0 saturated carbocycles. The van der Waals surface area contributed by atoms with Crippen LogP contribution >= 0.6 is 0 Å². The SMILES string of the molecule is CCCCCCCCC=CCCCCCCCC(=O)N1CCC2ONC(=O)C2C1. The summed E-state index contributed by atoms with van der Waals surface area (Å²) in [4.78, 5) is 31.2. The lowest BCUT2D eigenvalue weighted by Crippen LogP contribution is -2.46. The van der Waals surface area contributed by atoms with Crippen LogP contribution in [-0.2, 0) is 14.4 Å². The van der Waals surface area contributed by atoms with Crippen molar-refractivity contribution >= 4 is 11.8 Å². The van der Waals surface area contributed by atoms with E-state index in [1.807, 2.05) is 4.90 Å². The van der Waals surface area contributed by atoms with Crippen LogP contribution < -0.4 is 5.48 Å². The van der Waals surface area contributed by atoms with E-state index in [1.54, 1.807) is 0 Å². The van der Waals surface area contributed by atoms with Crippen LogP contribution in [0.15, 0.2) is 12.2 Å². The topological polar surface area (TPSA) is 58.6 Å². The van der Waals surface area contributed by atoms with E-state index in [4.69, 9.17) is 4.84 Å². The normalized spacial score (nSPS) is 21.6. The van der Waals surface area contributed by atoms with E-state index < -0.39 is 0 Å². The van der Waals surface area contributed by atoms with Gasteiger partial charge in [0.1, 0.15) is 6.10 Å². The number of nitrogens with one attached hydrogen (secondary N) is 1. The monoisotopic (exact) mass is 406 g/mol. The van der Waals surface area contributed by atoms with Crippen LogP contribution in [0.3, 0.4) is 0 Å². The first-order valence-corrected chi connectivity index (χ1v) is 12.1. The first-order valence-electron chi connectivity index (χ1n) is 12.1.